The molecule has 1 N–H and O–H groups in total. The van der Waals surface area contributed by atoms with Crippen LogP contribution in [0.5, 0.6) is 0 Å². The Kier molecular flexibility index (Phi) is 4.65. The second-order valence-corrected chi connectivity index (χ2v) is 6.55. The Morgan fingerprint density at radius 2 is 2.24 bits per heavy atom. The van der Waals surface area contributed by atoms with E-state index >= 15 is 0 Å². The van der Waals surface area contributed by atoms with Crippen LogP contribution in [0, 0.1) is 0 Å². The monoisotopic (exact) mass is 350 g/mol. The molecule has 3 aromatic rings. The maximum absolute atomic E-state index is 4.66. The van der Waals surface area contributed by atoms with Gasteiger partial charge in [0.05, 0.1) is 4.88 Å². The van der Waals surface area contributed by atoms with Crippen LogP contribution in [0.4, 0.5) is 5.82 Å². The summed E-state index contributed by atoms with van der Waals surface area (Å²) in [5.41, 5.74) is 1.14. The molecule has 7 heteroatoms. The van der Waals surface area contributed by atoms with Crippen LogP contribution in [-0.4, -0.2) is 38.5 Å². The number of anilines is 1. The van der Waals surface area contributed by atoms with Gasteiger partial charge in [-0.15, -0.1) is 11.3 Å². The quantitative estimate of drug-likeness (QED) is 0.738. The molecule has 0 saturated heterocycles. The van der Waals surface area contributed by atoms with Crippen molar-refractivity contribution in [3.8, 4) is 16.5 Å². The Morgan fingerprint density at radius 3 is 3.00 bits per heavy atom. The van der Waals surface area contributed by atoms with E-state index in [0.717, 1.165) is 48.2 Å². The maximum atomic E-state index is 4.66. The fourth-order valence-corrected chi connectivity index (χ4v) is 3.26. The zero-order valence-electron chi connectivity index (χ0n) is 13.7. The van der Waals surface area contributed by atoms with Gasteiger partial charge in [-0.2, -0.15) is 5.10 Å². The van der Waals surface area contributed by atoms with Crippen LogP contribution in [0.3, 0.4) is 0 Å². The number of dihydropyridines is 1. The van der Waals surface area contributed by atoms with Crippen molar-refractivity contribution in [1.29, 1.82) is 0 Å². The van der Waals surface area contributed by atoms with Gasteiger partial charge < -0.3 is 5.32 Å². The lowest BCUT2D eigenvalue weighted by molar-refractivity contribution is 0.842. The van der Waals surface area contributed by atoms with Crippen molar-refractivity contribution in [3.05, 3.63) is 54.2 Å². The summed E-state index contributed by atoms with van der Waals surface area (Å²) < 4.78 is 1.75. The van der Waals surface area contributed by atoms with Crippen LogP contribution in [-0.2, 0) is 0 Å². The van der Waals surface area contributed by atoms with Crippen LogP contribution in [0.25, 0.3) is 16.5 Å². The smallest absolute Gasteiger partial charge is 0.173 e. The standard InChI is InChI=1S/C18H18N6S/c1-2-8-19-14(5-1)7-10-20-16-13-17(24-11-4-9-21-24)23-18(22-16)15-6-3-12-25-15/h1,3-6,9,11-13H,2,7-8,10H2,(H,20,22,23). The van der Waals surface area contributed by atoms with Crippen LogP contribution in [0.2, 0.25) is 0 Å². The molecular weight excluding hydrogens is 332 g/mol. The summed E-state index contributed by atoms with van der Waals surface area (Å²) in [6.45, 7) is 1.67. The maximum Gasteiger partial charge on any atom is 0.173 e. The summed E-state index contributed by atoms with van der Waals surface area (Å²) in [6.07, 6.45) is 9.83. The molecule has 1 aliphatic rings. The van der Waals surface area contributed by atoms with Gasteiger partial charge in [-0.05, 0) is 30.0 Å². The van der Waals surface area contributed by atoms with Crippen LogP contribution >= 0.6 is 11.3 Å². The highest BCUT2D eigenvalue weighted by Crippen LogP contribution is 2.23. The first-order chi connectivity index (χ1) is 12.4. The van der Waals surface area contributed by atoms with Crippen molar-refractivity contribution in [2.75, 3.05) is 18.4 Å². The summed E-state index contributed by atoms with van der Waals surface area (Å²) in [5.74, 6) is 2.26. The minimum absolute atomic E-state index is 0.709. The van der Waals surface area contributed by atoms with E-state index in [1.165, 1.54) is 0 Å². The van der Waals surface area contributed by atoms with Gasteiger partial charge in [-0.3, -0.25) is 4.99 Å². The van der Waals surface area contributed by atoms with E-state index in [2.05, 4.69) is 37.5 Å². The van der Waals surface area contributed by atoms with Crippen LogP contribution in [0.15, 0.2) is 59.2 Å². The summed E-state index contributed by atoms with van der Waals surface area (Å²) in [6, 6.07) is 7.83. The van der Waals surface area contributed by atoms with Crippen LogP contribution < -0.4 is 5.32 Å². The van der Waals surface area contributed by atoms with E-state index in [1.807, 2.05) is 35.8 Å². The molecule has 0 unspecified atom stereocenters. The van der Waals surface area contributed by atoms with E-state index in [0.29, 0.717) is 5.82 Å². The molecule has 126 valence electrons. The van der Waals surface area contributed by atoms with Gasteiger partial charge >= 0.3 is 0 Å². The fraction of sp³-hybridized carbons (Fsp3) is 0.222. The highest BCUT2D eigenvalue weighted by molar-refractivity contribution is 7.13. The number of rotatable bonds is 6. The van der Waals surface area contributed by atoms with Crippen molar-refractivity contribution in [1.82, 2.24) is 19.7 Å². The second kappa shape index (κ2) is 7.40. The van der Waals surface area contributed by atoms with Crippen molar-refractivity contribution in [3.63, 3.8) is 0 Å². The van der Waals surface area contributed by atoms with Crippen LogP contribution in [0.1, 0.15) is 12.8 Å². The molecule has 4 heterocycles. The molecule has 0 aliphatic carbocycles. The molecule has 0 amide bonds. The van der Waals surface area contributed by atoms with Crippen molar-refractivity contribution in [2.45, 2.75) is 12.8 Å². The molecular formula is C18H18N6S. The molecule has 4 rings (SSSR count). The fourth-order valence-electron chi connectivity index (χ4n) is 2.60. The van der Waals surface area contributed by atoms with E-state index in [4.69, 9.17) is 0 Å². The van der Waals surface area contributed by atoms with Gasteiger partial charge in [-0.1, -0.05) is 12.1 Å². The largest absolute Gasteiger partial charge is 0.369 e. The summed E-state index contributed by atoms with van der Waals surface area (Å²) in [7, 11) is 0. The molecule has 0 fully saturated rings. The molecule has 0 saturated carbocycles. The lowest BCUT2D eigenvalue weighted by Gasteiger charge is -2.10. The van der Waals surface area contributed by atoms with Crippen molar-refractivity contribution < 1.29 is 0 Å². The van der Waals surface area contributed by atoms with Crippen molar-refractivity contribution in [2.24, 2.45) is 4.99 Å². The Labute approximate surface area is 150 Å². The number of hydrogen-bond donors (Lipinski definition) is 1. The normalized spacial score (nSPS) is 13.7. The van der Waals surface area contributed by atoms with E-state index in [-0.39, 0.29) is 0 Å². The van der Waals surface area contributed by atoms with Gasteiger partial charge in [0.2, 0.25) is 0 Å². The minimum atomic E-state index is 0.709. The van der Waals surface area contributed by atoms with E-state index < -0.39 is 0 Å². The molecule has 1 aliphatic heterocycles. The predicted octanol–water partition coefficient (Wildman–Crippen LogP) is 3.59. The third-order valence-electron chi connectivity index (χ3n) is 3.80. The minimum Gasteiger partial charge on any atom is -0.369 e. The highest BCUT2D eigenvalue weighted by atomic mass is 32.1. The highest BCUT2D eigenvalue weighted by Gasteiger charge is 2.10. The lowest BCUT2D eigenvalue weighted by atomic mass is 10.2. The second-order valence-electron chi connectivity index (χ2n) is 5.60. The number of nitrogens with zero attached hydrogens (tertiary/aromatic N) is 5. The Bertz CT molecular complexity index is 828. The molecule has 0 atom stereocenters. The summed E-state index contributed by atoms with van der Waals surface area (Å²) in [4.78, 5) is 14.9. The molecule has 0 aromatic carbocycles. The van der Waals surface area contributed by atoms with Gasteiger partial charge in [0.1, 0.15) is 5.82 Å². The Balaban J connectivity index is 1.56. The number of nitrogens with one attached hydrogen (secondary N) is 1. The summed E-state index contributed by atoms with van der Waals surface area (Å²) in [5, 5.41) is 9.70. The zero-order chi connectivity index (χ0) is 16.9. The van der Waals surface area contributed by atoms with Gasteiger partial charge in [-0.25, -0.2) is 14.6 Å². The molecule has 6 nitrogen and oxygen atoms in total. The number of hydrogen-bond acceptors (Lipinski definition) is 6. The summed E-state index contributed by atoms with van der Waals surface area (Å²) >= 11 is 1.63. The molecule has 25 heavy (non-hydrogen) atoms. The third-order valence-corrected chi connectivity index (χ3v) is 4.67. The molecule has 3 aromatic heterocycles. The molecule has 0 bridgehead atoms. The van der Waals surface area contributed by atoms with Gasteiger partial charge in [0, 0.05) is 43.7 Å². The number of thiophene rings is 1. The zero-order valence-corrected chi connectivity index (χ0v) is 14.5. The van der Waals surface area contributed by atoms with E-state index in [9.17, 15) is 0 Å². The van der Waals surface area contributed by atoms with Gasteiger partial charge in [0.25, 0.3) is 0 Å². The Hall–Kier alpha value is -2.80. The predicted molar refractivity (Wildman–Crippen MR) is 102 cm³/mol. The molecule has 0 spiro atoms. The first-order valence-electron chi connectivity index (χ1n) is 8.25. The first-order valence-corrected chi connectivity index (χ1v) is 9.13. The average Bonchev–Trinajstić information content (AvgIpc) is 3.36. The molecule has 0 radical (unpaired) electrons. The number of aliphatic imine (C=N–C) groups is 1. The van der Waals surface area contributed by atoms with E-state index in [1.54, 1.807) is 22.2 Å². The number of aromatic nitrogens is 4. The third kappa shape index (κ3) is 3.83. The Morgan fingerprint density at radius 1 is 1.24 bits per heavy atom. The SMILES string of the molecule is C1=CC(CCNc2cc(-n3cccn3)nc(-c3cccs3)n2)=NCC1. The van der Waals surface area contributed by atoms with Crippen molar-refractivity contribution >= 4 is 22.9 Å². The average molecular weight is 350 g/mol. The lowest BCUT2D eigenvalue weighted by Crippen LogP contribution is -2.11. The topological polar surface area (TPSA) is 68.0 Å². The van der Waals surface area contributed by atoms with Gasteiger partial charge in [0.15, 0.2) is 11.6 Å². The number of allylic oxidation sites excluding steroid dienone is 1. The first kappa shape index (κ1) is 15.7.